The number of hydrogen-bond donors (Lipinski definition) is 0. The summed E-state index contributed by atoms with van der Waals surface area (Å²) in [6.45, 7) is 16.7. The van der Waals surface area contributed by atoms with Crippen molar-refractivity contribution in [3.63, 3.8) is 0 Å². The first kappa shape index (κ1) is 19.0. The van der Waals surface area contributed by atoms with Crippen LogP contribution < -0.4 is 4.74 Å². The molecule has 3 heteroatoms. The SMILES string of the molecule is CCN(CCN(C)C(C)(C)C)C(C)(C)c1ccccc1OC. The molecule has 0 N–H and O–H groups in total. The molecule has 126 valence electrons. The first-order valence-corrected chi connectivity index (χ1v) is 8.24. The molecule has 1 aromatic rings. The minimum absolute atomic E-state index is 0.0555. The van der Waals surface area contributed by atoms with Gasteiger partial charge in [0.2, 0.25) is 0 Å². The molecule has 0 spiro atoms. The van der Waals surface area contributed by atoms with Crippen LogP contribution >= 0.6 is 0 Å². The number of benzene rings is 1. The van der Waals surface area contributed by atoms with Crippen molar-refractivity contribution in [2.24, 2.45) is 0 Å². The van der Waals surface area contributed by atoms with Gasteiger partial charge in [0.25, 0.3) is 0 Å². The van der Waals surface area contributed by atoms with Crippen LogP contribution in [0.3, 0.4) is 0 Å². The van der Waals surface area contributed by atoms with Crippen molar-refractivity contribution in [3.05, 3.63) is 29.8 Å². The summed E-state index contributed by atoms with van der Waals surface area (Å²) in [6.07, 6.45) is 0. The Morgan fingerprint density at radius 1 is 1.00 bits per heavy atom. The van der Waals surface area contributed by atoms with E-state index in [1.807, 2.05) is 12.1 Å². The third-order valence-corrected chi connectivity index (χ3v) is 4.79. The Morgan fingerprint density at radius 3 is 2.09 bits per heavy atom. The summed E-state index contributed by atoms with van der Waals surface area (Å²) in [4.78, 5) is 4.93. The maximum absolute atomic E-state index is 5.57. The molecule has 0 aliphatic heterocycles. The zero-order valence-corrected chi connectivity index (χ0v) is 15.7. The van der Waals surface area contributed by atoms with Crippen LogP contribution in [0.25, 0.3) is 0 Å². The Labute approximate surface area is 137 Å². The molecule has 0 unspecified atom stereocenters. The average molecular weight is 306 g/mol. The van der Waals surface area contributed by atoms with E-state index in [2.05, 4.69) is 70.5 Å². The second-order valence-electron chi connectivity index (χ2n) is 7.43. The highest BCUT2D eigenvalue weighted by Crippen LogP contribution is 2.34. The standard InChI is InChI=1S/C19H34N2O/c1-9-21(15-14-20(7)18(2,3)4)19(5,6)16-12-10-11-13-17(16)22-8/h10-13H,9,14-15H2,1-8H3. The Kier molecular flexibility index (Phi) is 6.45. The van der Waals surface area contributed by atoms with Gasteiger partial charge in [-0.05, 0) is 54.3 Å². The van der Waals surface area contributed by atoms with Gasteiger partial charge < -0.3 is 9.64 Å². The van der Waals surface area contributed by atoms with Gasteiger partial charge in [0, 0.05) is 29.7 Å². The van der Waals surface area contributed by atoms with Gasteiger partial charge in [0.05, 0.1) is 7.11 Å². The number of rotatable bonds is 7. The molecule has 1 rings (SSSR count). The zero-order chi connectivity index (χ0) is 17.0. The smallest absolute Gasteiger partial charge is 0.123 e. The molecular formula is C19H34N2O. The fourth-order valence-electron chi connectivity index (χ4n) is 2.76. The van der Waals surface area contributed by atoms with Gasteiger partial charge in [-0.15, -0.1) is 0 Å². The number of hydrogen-bond acceptors (Lipinski definition) is 3. The summed E-state index contributed by atoms with van der Waals surface area (Å²) in [5, 5.41) is 0. The fraction of sp³-hybridized carbons (Fsp3) is 0.684. The van der Waals surface area contributed by atoms with Crippen molar-refractivity contribution < 1.29 is 4.74 Å². The van der Waals surface area contributed by atoms with E-state index in [9.17, 15) is 0 Å². The number of likely N-dealkylation sites (N-methyl/N-ethyl adjacent to an activating group) is 2. The first-order chi connectivity index (χ1) is 10.1. The molecule has 0 fully saturated rings. The molecule has 0 radical (unpaired) electrons. The minimum atomic E-state index is -0.0555. The zero-order valence-electron chi connectivity index (χ0n) is 15.7. The van der Waals surface area contributed by atoms with Crippen molar-refractivity contribution in [2.75, 3.05) is 33.8 Å². The van der Waals surface area contributed by atoms with Crippen molar-refractivity contribution in [2.45, 2.75) is 52.6 Å². The van der Waals surface area contributed by atoms with Crippen LogP contribution in [0.4, 0.5) is 0 Å². The van der Waals surface area contributed by atoms with Gasteiger partial charge in [-0.1, -0.05) is 25.1 Å². The molecule has 0 saturated heterocycles. The van der Waals surface area contributed by atoms with Gasteiger partial charge in [-0.2, -0.15) is 0 Å². The van der Waals surface area contributed by atoms with E-state index in [1.165, 1.54) is 5.56 Å². The summed E-state index contributed by atoms with van der Waals surface area (Å²) in [6, 6.07) is 8.35. The Hall–Kier alpha value is -1.06. The molecule has 1 aromatic carbocycles. The predicted octanol–water partition coefficient (Wildman–Crippen LogP) is 3.98. The summed E-state index contributed by atoms with van der Waals surface area (Å²) < 4.78 is 5.57. The number of methoxy groups -OCH3 is 1. The summed E-state index contributed by atoms with van der Waals surface area (Å²) in [5.74, 6) is 0.968. The molecule has 0 saturated carbocycles. The maximum Gasteiger partial charge on any atom is 0.123 e. The predicted molar refractivity (Wildman–Crippen MR) is 95.7 cm³/mol. The quantitative estimate of drug-likeness (QED) is 0.758. The molecule has 0 aliphatic carbocycles. The topological polar surface area (TPSA) is 15.7 Å². The number of para-hydroxylation sites is 1. The second kappa shape index (κ2) is 7.47. The van der Waals surface area contributed by atoms with Crippen LogP contribution in [-0.2, 0) is 5.54 Å². The highest BCUT2D eigenvalue weighted by Gasteiger charge is 2.30. The third-order valence-electron chi connectivity index (χ3n) is 4.79. The van der Waals surface area contributed by atoms with E-state index >= 15 is 0 Å². The lowest BCUT2D eigenvalue weighted by Gasteiger charge is -2.41. The normalized spacial score (nSPS) is 13.0. The van der Waals surface area contributed by atoms with E-state index in [1.54, 1.807) is 7.11 Å². The first-order valence-electron chi connectivity index (χ1n) is 8.24. The monoisotopic (exact) mass is 306 g/mol. The largest absolute Gasteiger partial charge is 0.496 e. The molecule has 0 bridgehead atoms. The average Bonchev–Trinajstić information content (AvgIpc) is 2.46. The Bertz CT molecular complexity index is 463. The highest BCUT2D eigenvalue weighted by atomic mass is 16.5. The van der Waals surface area contributed by atoms with E-state index in [-0.39, 0.29) is 11.1 Å². The second-order valence-corrected chi connectivity index (χ2v) is 7.43. The van der Waals surface area contributed by atoms with Crippen molar-refractivity contribution in [1.82, 2.24) is 9.80 Å². The lowest BCUT2D eigenvalue weighted by molar-refractivity contribution is 0.0864. The van der Waals surface area contributed by atoms with Crippen LogP contribution in [0, 0.1) is 0 Å². The van der Waals surface area contributed by atoms with Gasteiger partial charge >= 0.3 is 0 Å². The highest BCUT2D eigenvalue weighted by molar-refractivity contribution is 5.38. The Balaban J connectivity index is 2.92. The summed E-state index contributed by atoms with van der Waals surface area (Å²) >= 11 is 0. The van der Waals surface area contributed by atoms with E-state index in [0.29, 0.717) is 0 Å². The van der Waals surface area contributed by atoms with Crippen LogP contribution in [0.2, 0.25) is 0 Å². The van der Waals surface area contributed by atoms with Gasteiger partial charge in [-0.3, -0.25) is 4.90 Å². The lowest BCUT2D eigenvalue weighted by Crippen LogP contribution is -2.48. The number of ether oxygens (including phenoxy) is 1. The molecule has 0 heterocycles. The van der Waals surface area contributed by atoms with E-state index in [4.69, 9.17) is 4.74 Å². The Morgan fingerprint density at radius 2 is 1.59 bits per heavy atom. The van der Waals surface area contributed by atoms with E-state index in [0.717, 1.165) is 25.4 Å². The van der Waals surface area contributed by atoms with Crippen molar-refractivity contribution in [3.8, 4) is 5.75 Å². The molecule has 0 aromatic heterocycles. The lowest BCUT2D eigenvalue weighted by atomic mass is 9.91. The fourth-order valence-corrected chi connectivity index (χ4v) is 2.76. The molecule has 3 nitrogen and oxygen atoms in total. The van der Waals surface area contributed by atoms with Crippen LogP contribution in [0.15, 0.2) is 24.3 Å². The van der Waals surface area contributed by atoms with Crippen LogP contribution in [0.1, 0.15) is 47.1 Å². The van der Waals surface area contributed by atoms with Gasteiger partial charge in [0.15, 0.2) is 0 Å². The van der Waals surface area contributed by atoms with Crippen LogP contribution in [0.5, 0.6) is 5.75 Å². The number of nitrogens with zero attached hydrogens (tertiary/aromatic N) is 2. The minimum Gasteiger partial charge on any atom is -0.496 e. The summed E-state index contributed by atoms with van der Waals surface area (Å²) in [5.41, 5.74) is 1.39. The van der Waals surface area contributed by atoms with Gasteiger partial charge in [0.1, 0.15) is 5.75 Å². The third kappa shape index (κ3) is 4.47. The van der Waals surface area contributed by atoms with E-state index < -0.39 is 0 Å². The molecule has 0 aliphatic rings. The molecular weight excluding hydrogens is 272 g/mol. The summed E-state index contributed by atoms with van der Waals surface area (Å²) in [7, 11) is 3.95. The van der Waals surface area contributed by atoms with Crippen LogP contribution in [-0.4, -0.2) is 49.1 Å². The van der Waals surface area contributed by atoms with Crippen molar-refractivity contribution >= 4 is 0 Å². The molecule has 0 atom stereocenters. The van der Waals surface area contributed by atoms with Gasteiger partial charge in [-0.25, -0.2) is 0 Å². The molecule has 0 amide bonds. The maximum atomic E-state index is 5.57. The molecule has 22 heavy (non-hydrogen) atoms. The van der Waals surface area contributed by atoms with Crippen molar-refractivity contribution in [1.29, 1.82) is 0 Å².